The van der Waals surface area contributed by atoms with Crippen LogP contribution in [0.3, 0.4) is 0 Å². The smallest absolute Gasteiger partial charge is 0.337 e. The summed E-state index contributed by atoms with van der Waals surface area (Å²) in [5.41, 5.74) is 0.132. The van der Waals surface area contributed by atoms with Crippen LogP contribution < -0.4 is 16.0 Å². The third kappa shape index (κ3) is 4.92. The van der Waals surface area contributed by atoms with E-state index < -0.39 is 35.9 Å². The maximum absolute atomic E-state index is 12.7. The van der Waals surface area contributed by atoms with Gasteiger partial charge in [0.25, 0.3) is 0 Å². The highest BCUT2D eigenvalue weighted by Crippen LogP contribution is 2.30. The summed E-state index contributed by atoms with van der Waals surface area (Å²) >= 11 is 0. The molecule has 0 bridgehead atoms. The van der Waals surface area contributed by atoms with Gasteiger partial charge in [-0.2, -0.15) is 18.4 Å². The molecule has 1 aliphatic heterocycles. The van der Waals surface area contributed by atoms with E-state index in [1.807, 2.05) is 12.1 Å². The topological polar surface area (TPSA) is 94.0 Å². The molecule has 3 unspecified atom stereocenters. The van der Waals surface area contributed by atoms with E-state index >= 15 is 0 Å². The van der Waals surface area contributed by atoms with Gasteiger partial charge in [0.05, 0.1) is 24.1 Å². The van der Waals surface area contributed by atoms with Crippen LogP contribution in [-0.4, -0.2) is 17.9 Å². The van der Waals surface area contributed by atoms with Crippen LogP contribution >= 0.6 is 0 Å². The van der Waals surface area contributed by atoms with Gasteiger partial charge in [-0.25, -0.2) is 0 Å². The van der Waals surface area contributed by atoms with E-state index in [0.29, 0.717) is 0 Å². The Balaban J connectivity index is 1.70. The number of hydrogen-bond donors (Lipinski definition) is 3. The lowest BCUT2D eigenvalue weighted by Crippen LogP contribution is -2.56. The Hall–Kier alpha value is -3.38. The molecule has 0 aliphatic carbocycles. The van der Waals surface area contributed by atoms with Crippen molar-refractivity contribution in [1.29, 1.82) is 5.26 Å². The summed E-state index contributed by atoms with van der Waals surface area (Å²) in [5.74, 6) is -0.923. The Morgan fingerprint density at radius 2 is 1.79 bits per heavy atom. The summed E-state index contributed by atoms with van der Waals surface area (Å²) < 4.78 is 38.1. The first-order valence-electron chi connectivity index (χ1n) is 8.75. The van der Waals surface area contributed by atoms with Crippen molar-refractivity contribution < 1.29 is 22.8 Å². The first-order valence-corrected chi connectivity index (χ1v) is 8.75. The Morgan fingerprint density at radius 3 is 2.38 bits per heavy atom. The van der Waals surface area contributed by atoms with Gasteiger partial charge >= 0.3 is 6.18 Å². The molecule has 1 fully saturated rings. The lowest BCUT2D eigenvalue weighted by molar-refractivity contribution is -0.137. The summed E-state index contributed by atoms with van der Waals surface area (Å²) in [6.07, 6.45) is -5.18. The fraction of sp³-hybridized carbons (Fsp3) is 0.250. The van der Waals surface area contributed by atoms with Crippen molar-refractivity contribution in [3.8, 4) is 6.07 Å². The lowest BCUT2D eigenvalue weighted by atomic mass is 10.0. The summed E-state index contributed by atoms with van der Waals surface area (Å²) in [4.78, 5) is 24.6. The van der Waals surface area contributed by atoms with Crippen molar-refractivity contribution in [2.75, 3.05) is 0 Å². The maximum atomic E-state index is 12.7. The zero-order valence-electron chi connectivity index (χ0n) is 15.0. The van der Waals surface area contributed by atoms with E-state index in [1.165, 1.54) is 0 Å². The Morgan fingerprint density at radius 1 is 1.14 bits per heavy atom. The third-order valence-electron chi connectivity index (χ3n) is 4.50. The van der Waals surface area contributed by atoms with Crippen molar-refractivity contribution in [2.24, 2.45) is 0 Å². The van der Waals surface area contributed by atoms with Gasteiger partial charge in [-0.1, -0.05) is 42.5 Å². The molecular weight excluding hydrogens is 385 g/mol. The zero-order valence-corrected chi connectivity index (χ0v) is 15.0. The quantitative estimate of drug-likeness (QED) is 0.733. The highest BCUT2D eigenvalue weighted by atomic mass is 19.4. The number of hydrogen-bond acceptors (Lipinski definition) is 4. The second-order valence-electron chi connectivity index (χ2n) is 6.53. The lowest BCUT2D eigenvalue weighted by Gasteiger charge is -2.31. The van der Waals surface area contributed by atoms with Gasteiger partial charge in [-0.3, -0.25) is 14.9 Å². The summed E-state index contributed by atoms with van der Waals surface area (Å²) in [5, 5.41) is 17.6. The molecule has 2 aromatic carbocycles. The molecule has 0 aromatic heterocycles. The average Bonchev–Trinajstić information content (AvgIpc) is 2.71. The Bertz CT molecular complexity index is 923. The minimum absolute atomic E-state index is 0.125. The number of nitrogens with one attached hydrogen (secondary N) is 3. The summed E-state index contributed by atoms with van der Waals surface area (Å²) in [6, 6.07) is 12.8. The summed E-state index contributed by atoms with van der Waals surface area (Å²) in [7, 11) is 0. The van der Waals surface area contributed by atoms with Crippen molar-refractivity contribution >= 4 is 11.8 Å². The molecule has 2 aromatic rings. The van der Waals surface area contributed by atoms with Gasteiger partial charge in [0, 0.05) is 0 Å². The predicted molar refractivity (Wildman–Crippen MR) is 96.8 cm³/mol. The van der Waals surface area contributed by atoms with Gasteiger partial charge in [0.2, 0.25) is 11.8 Å². The second-order valence-corrected chi connectivity index (χ2v) is 6.53. The molecule has 0 spiro atoms. The normalized spacial score (nSPS) is 20.3. The Kier molecular flexibility index (Phi) is 5.84. The molecule has 1 aliphatic rings. The number of carbonyl (C=O) groups excluding carboxylic acids is 2. The van der Waals surface area contributed by atoms with Crippen LogP contribution in [0.2, 0.25) is 0 Å². The number of halogens is 3. The van der Waals surface area contributed by atoms with E-state index in [-0.39, 0.29) is 17.9 Å². The van der Waals surface area contributed by atoms with Crippen LogP contribution in [0.4, 0.5) is 13.2 Å². The van der Waals surface area contributed by atoms with Crippen molar-refractivity contribution in [2.45, 2.75) is 30.8 Å². The van der Waals surface area contributed by atoms with E-state index in [9.17, 15) is 28.0 Å². The number of benzene rings is 2. The van der Waals surface area contributed by atoms with Crippen LogP contribution in [0.15, 0.2) is 54.6 Å². The van der Waals surface area contributed by atoms with E-state index in [2.05, 4.69) is 16.0 Å². The standard InChI is InChI=1S/C20H17F3N4O2/c21-20(22,23)14-8-6-12(7-9-14)16(11-24)26-19(29)15-10-17(28)27-18(25-15)13-4-2-1-3-5-13/h1-9,15-16,18,25H,10H2,(H,26,29)(H,27,28). The fourth-order valence-corrected chi connectivity index (χ4v) is 3.00. The number of amides is 2. The van der Waals surface area contributed by atoms with Crippen LogP contribution in [0.25, 0.3) is 0 Å². The molecule has 0 saturated carbocycles. The van der Waals surface area contributed by atoms with Gasteiger partial charge in [0.1, 0.15) is 12.2 Å². The third-order valence-corrected chi connectivity index (χ3v) is 4.50. The van der Waals surface area contributed by atoms with Crippen LogP contribution in [0, 0.1) is 11.3 Å². The van der Waals surface area contributed by atoms with E-state index in [4.69, 9.17) is 0 Å². The molecule has 1 heterocycles. The molecule has 3 rings (SSSR count). The largest absolute Gasteiger partial charge is 0.416 e. The molecule has 3 N–H and O–H groups in total. The molecule has 29 heavy (non-hydrogen) atoms. The molecular formula is C20H17F3N4O2. The van der Waals surface area contributed by atoms with E-state index in [0.717, 1.165) is 29.8 Å². The molecule has 6 nitrogen and oxygen atoms in total. The molecule has 3 atom stereocenters. The minimum Gasteiger partial charge on any atom is -0.337 e. The van der Waals surface area contributed by atoms with Gasteiger partial charge in [-0.05, 0) is 23.3 Å². The first kappa shape index (κ1) is 20.4. The molecule has 1 saturated heterocycles. The molecule has 0 radical (unpaired) electrons. The highest BCUT2D eigenvalue weighted by molar-refractivity contribution is 5.90. The van der Waals surface area contributed by atoms with Crippen LogP contribution in [-0.2, 0) is 15.8 Å². The van der Waals surface area contributed by atoms with Crippen LogP contribution in [0.1, 0.15) is 35.3 Å². The van der Waals surface area contributed by atoms with Gasteiger partial charge < -0.3 is 10.6 Å². The predicted octanol–water partition coefficient (Wildman–Crippen LogP) is 2.56. The average molecular weight is 402 g/mol. The monoisotopic (exact) mass is 402 g/mol. The zero-order chi connectivity index (χ0) is 21.0. The number of nitriles is 1. The highest BCUT2D eigenvalue weighted by Gasteiger charge is 2.33. The molecule has 9 heteroatoms. The minimum atomic E-state index is -4.49. The SMILES string of the molecule is N#CC(NC(=O)C1CC(=O)NC(c2ccccc2)N1)c1ccc(C(F)(F)F)cc1. The molecule has 150 valence electrons. The van der Waals surface area contributed by atoms with E-state index in [1.54, 1.807) is 24.3 Å². The Labute approximate surface area is 164 Å². The second kappa shape index (κ2) is 8.32. The maximum Gasteiger partial charge on any atom is 0.416 e. The number of rotatable bonds is 4. The number of carbonyl (C=O) groups is 2. The fourth-order valence-electron chi connectivity index (χ4n) is 3.00. The van der Waals surface area contributed by atoms with Gasteiger partial charge in [-0.15, -0.1) is 0 Å². The first-order chi connectivity index (χ1) is 13.8. The number of alkyl halides is 3. The number of nitrogens with zero attached hydrogens (tertiary/aromatic N) is 1. The summed E-state index contributed by atoms with van der Waals surface area (Å²) in [6.45, 7) is 0. The van der Waals surface area contributed by atoms with Gasteiger partial charge in [0.15, 0.2) is 0 Å². The van der Waals surface area contributed by atoms with Crippen LogP contribution in [0.5, 0.6) is 0 Å². The molecule has 2 amide bonds. The van der Waals surface area contributed by atoms with Crippen molar-refractivity contribution in [3.63, 3.8) is 0 Å². The van der Waals surface area contributed by atoms with Crippen molar-refractivity contribution in [3.05, 3.63) is 71.3 Å². The van der Waals surface area contributed by atoms with Crippen molar-refractivity contribution in [1.82, 2.24) is 16.0 Å².